The summed E-state index contributed by atoms with van der Waals surface area (Å²) in [5, 5.41) is 15.9. The van der Waals surface area contributed by atoms with Gasteiger partial charge in [-0.3, -0.25) is 4.79 Å². The van der Waals surface area contributed by atoms with Crippen molar-refractivity contribution >= 4 is 22.1 Å². The summed E-state index contributed by atoms with van der Waals surface area (Å²) in [6.45, 7) is 3.51. The molecule has 0 saturated heterocycles. The Morgan fingerprint density at radius 1 is 1.19 bits per heavy atom. The Kier molecular flexibility index (Phi) is 4.12. The summed E-state index contributed by atoms with van der Waals surface area (Å²) in [5.41, 5.74) is 2.70. The number of hydrogen-bond donors (Lipinski definition) is 0. The average Bonchev–Trinajstić information content (AvgIpc) is 3.24. The van der Waals surface area contributed by atoms with Gasteiger partial charge in [0, 0.05) is 15.6 Å². The highest BCUT2D eigenvalue weighted by molar-refractivity contribution is 7.11. The minimum Gasteiger partial charge on any atom is -0.267 e. The Morgan fingerprint density at radius 2 is 1.96 bits per heavy atom. The van der Waals surface area contributed by atoms with E-state index in [4.69, 9.17) is 0 Å². The fraction of sp³-hybridized carbons (Fsp3) is 0.222. The summed E-state index contributed by atoms with van der Waals surface area (Å²) in [4.78, 5) is 13.9. The summed E-state index contributed by atoms with van der Waals surface area (Å²) in [5.74, 6) is 0. The van der Waals surface area contributed by atoms with E-state index in [0.29, 0.717) is 22.5 Å². The molecule has 3 heterocycles. The van der Waals surface area contributed by atoms with Crippen LogP contribution in [0.25, 0.3) is 27.8 Å². The normalized spacial score (nSPS) is 11.3. The van der Waals surface area contributed by atoms with Crippen LogP contribution in [0.2, 0.25) is 0 Å². The molecule has 0 aliphatic rings. The summed E-state index contributed by atoms with van der Waals surface area (Å²) in [6, 6.07) is 7.60. The second kappa shape index (κ2) is 6.45. The fourth-order valence-corrected chi connectivity index (χ4v) is 3.69. The Balaban J connectivity index is 1.98. The minimum absolute atomic E-state index is 0.135. The van der Waals surface area contributed by atoms with Gasteiger partial charge >= 0.3 is 0 Å². The van der Waals surface area contributed by atoms with Crippen LogP contribution in [0.1, 0.15) is 10.4 Å². The summed E-state index contributed by atoms with van der Waals surface area (Å²) < 4.78 is 15.4. The quantitative estimate of drug-likeness (QED) is 0.554. The molecule has 3 aromatic heterocycles. The molecule has 0 radical (unpaired) electrons. The maximum Gasteiger partial charge on any atom is 0.280 e. The molecule has 0 unspecified atom stereocenters. The highest BCUT2D eigenvalue weighted by atomic mass is 32.1. The van der Waals surface area contributed by atoms with Crippen molar-refractivity contribution in [2.75, 3.05) is 6.67 Å². The maximum atomic E-state index is 13.0. The van der Waals surface area contributed by atoms with Gasteiger partial charge in [0.2, 0.25) is 0 Å². The molecule has 6 nitrogen and oxygen atoms in total. The predicted molar refractivity (Wildman–Crippen MR) is 99.7 cm³/mol. The van der Waals surface area contributed by atoms with Crippen LogP contribution in [-0.2, 0) is 6.54 Å². The molecular formula is C18H16FN5OS. The Bertz CT molecular complexity index is 1140. The first-order valence-corrected chi connectivity index (χ1v) is 9.01. The van der Waals surface area contributed by atoms with Crippen LogP contribution in [0.3, 0.4) is 0 Å². The minimum atomic E-state index is -0.522. The molecule has 132 valence electrons. The molecule has 0 aliphatic heterocycles. The van der Waals surface area contributed by atoms with Gasteiger partial charge in [-0.25, -0.2) is 9.07 Å². The third kappa shape index (κ3) is 2.72. The number of aryl methyl sites for hydroxylation is 3. The zero-order valence-corrected chi connectivity index (χ0v) is 15.1. The van der Waals surface area contributed by atoms with Gasteiger partial charge in [-0.05, 0) is 26.0 Å². The van der Waals surface area contributed by atoms with Gasteiger partial charge in [-0.1, -0.05) is 22.9 Å². The van der Waals surface area contributed by atoms with Crippen LogP contribution < -0.4 is 5.56 Å². The Hall–Kier alpha value is -2.87. The summed E-state index contributed by atoms with van der Waals surface area (Å²) in [7, 11) is 0. The molecular weight excluding hydrogens is 353 g/mol. The van der Waals surface area contributed by atoms with Gasteiger partial charge in [0.1, 0.15) is 18.1 Å². The summed E-state index contributed by atoms with van der Waals surface area (Å²) in [6.07, 6.45) is 1.65. The number of benzene rings is 1. The van der Waals surface area contributed by atoms with Crippen molar-refractivity contribution in [2.45, 2.75) is 20.4 Å². The number of rotatable bonds is 4. The lowest BCUT2D eigenvalue weighted by molar-refractivity contribution is 0.422. The Labute approximate surface area is 152 Å². The van der Waals surface area contributed by atoms with Crippen molar-refractivity contribution < 1.29 is 4.39 Å². The van der Waals surface area contributed by atoms with Crippen LogP contribution in [-0.4, -0.2) is 31.4 Å². The molecule has 0 fully saturated rings. The number of alkyl halides is 1. The first kappa shape index (κ1) is 16.6. The number of hydrogen-bond acceptors (Lipinski definition) is 5. The third-order valence-corrected chi connectivity index (χ3v) is 5.12. The van der Waals surface area contributed by atoms with E-state index in [1.807, 2.05) is 43.5 Å². The standard InChI is InChI=1S/C18H16FN5OS/c1-11-3-5-13(6-4-11)24-18(25)16-12(2)26-10-14(16)17(21-24)15-9-23(8-7-19)22-20-15/h3-6,9-10H,7-8H2,1-2H3. The maximum absolute atomic E-state index is 13.0. The van der Waals surface area contributed by atoms with E-state index in [1.54, 1.807) is 6.20 Å². The van der Waals surface area contributed by atoms with Crippen LogP contribution in [0, 0.1) is 13.8 Å². The lowest BCUT2D eigenvalue weighted by Gasteiger charge is -2.08. The molecule has 0 saturated carbocycles. The van der Waals surface area contributed by atoms with E-state index in [-0.39, 0.29) is 12.1 Å². The van der Waals surface area contributed by atoms with Crippen molar-refractivity contribution in [2.24, 2.45) is 0 Å². The van der Waals surface area contributed by atoms with Crippen LogP contribution >= 0.6 is 11.3 Å². The molecule has 0 N–H and O–H groups in total. The monoisotopic (exact) mass is 369 g/mol. The van der Waals surface area contributed by atoms with Crippen molar-refractivity contribution in [3.63, 3.8) is 0 Å². The summed E-state index contributed by atoms with van der Waals surface area (Å²) >= 11 is 1.50. The van der Waals surface area contributed by atoms with Gasteiger partial charge in [-0.2, -0.15) is 9.78 Å². The molecule has 0 bridgehead atoms. The molecule has 1 aromatic carbocycles. The van der Waals surface area contributed by atoms with Gasteiger partial charge in [-0.15, -0.1) is 16.4 Å². The largest absolute Gasteiger partial charge is 0.280 e. The molecule has 8 heteroatoms. The third-order valence-electron chi connectivity index (χ3n) is 4.21. The lowest BCUT2D eigenvalue weighted by Crippen LogP contribution is -2.22. The van der Waals surface area contributed by atoms with Crippen molar-refractivity contribution in [3.8, 4) is 17.1 Å². The van der Waals surface area contributed by atoms with E-state index in [0.717, 1.165) is 15.8 Å². The van der Waals surface area contributed by atoms with E-state index in [9.17, 15) is 9.18 Å². The highest BCUT2D eigenvalue weighted by Crippen LogP contribution is 2.29. The zero-order valence-electron chi connectivity index (χ0n) is 14.3. The van der Waals surface area contributed by atoms with Crippen LogP contribution in [0.15, 0.2) is 40.6 Å². The first-order valence-electron chi connectivity index (χ1n) is 8.13. The van der Waals surface area contributed by atoms with Gasteiger partial charge in [0.15, 0.2) is 0 Å². The van der Waals surface area contributed by atoms with Crippen LogP contribution in [0.5, 0.6) is 0 Å². The van der Waals surface area contributed by atoms with E-state index in [2.05, 4.69) is 15.4 Å². The second-order valence-corrected chi connectivity index (χ2v) is 7.12. The molecule has 0 atom stereocenters. The van der Waals surface area contributed by atoms with Crippen molar-refractivity contribution in [1.29, 1.82) is 0 Å². The number of nitrogens with zero attached hydrogens (tertiary/aromatic N) is 5. The topological polar surface area (TPSA) is 65.6 Å². The number of thiophene rings is 1. The van der Waals surface area contributed by atoms with Gasteiger partial charge in [0.25, 0.3) is 5.56 Å². The van der Waals surface area contributed by atoms with Gasteiger partial charge in [0.05, 0.1) is 23.8 Å². The smallest absolute Gasteiger partial charge is 0.267 e. The SMILES string of the molecule is Cc1ccc(-n2nc(-c3cn(CCF)nn3)c3csc(C)c3c2=O)cc1. The van der Waals surface area contributed by atoms with E-state index >= 15 is 0 Å². The van der Waals surface area contributed by atoms with E-state index in [1.165, 1.54) is 20.7 Å². The fourth-order valence-electron chi connectivity index (χ4n) is 2.85. The Morgan fingerprint density at radius 3 is 2.69 bits per heavy atom. The molecule has 0 spiro atoms. The number of halogens is 1. The number of aromatic nitrogens is 5. The van der Waals surface area contributed by atoms with Gasteiger partial charge < -0.3 is 0 Å². The lowest BCUT2D eigenvalue weighted by atomic mass is 10.1. The zero-order chi connectivity index (χ0) is 18.3. The van der Waals surface area contributed by atoms with E-state index < -0.39 is 6.67 Å². The highest BCUT2D eigenvalue weighted by Gasteiger charge is 2.18. The predicted octanol–water partition coefficient (Wildman–Crippen LogP) is 3.29. The second-order valence-electron chi connectivity index (χ2n) is 6.04. The molecule has 26 heavy (non-hydrogen) atoms. The first-order chi connectivity index (χ1) is 12.6. The molecule has 0 aliphatic carbocycles. The van der Waals surface area contributed by atoms with Crippen molar-refractivity contribution in [1.82, 2.24) is 24.8 Å². The number of fused-ring (bicyclic) bond motifs is 1. The van der Waals surface area contributed by atoms with Crippen molar-refractivity contribution in [3.05, 3.63) is 56.6 Å². The molecule has 4 rings (SSSR count). The molecule has 0 amide bonds. The average molecular weight is 369 g/mol. The molecule has 4 aromatic rings. The van der Waals surface area contributed by atoms with Crippen LogP contribution in [0.4, 0.5) is 4.39 Å².